The summed E-state index contributed by atoms with van der Waals surface area (Å²) in [6, 6.07) is 0.838. The van der Waals surface area contributed by atoms with Crippen LogP contribution in [0.2, 0.25) is 0 Å². The van der Waals surface area contributed by atoms with Crippen molar-refractivity contribution in [2.75, 3.05) is 13.1 Å². The topological polar surface area (TPSA) is 50.1 Å². The first-order valence-corrected chi connectivity index (χ1v) is 5.26. The molecule has 0 bridgehead atoms. The molecule has 4 N–H and O–H groups in total. The molecule has 0 aromatic rings. The number of hydrogen-bond donors (Lipinski definition) is 3. The molecule has 1 aliphatic heterocycles. The van der Waals surface area contributed by atoms with Crippen LogP contribution >= 0.6 is 0 Å². The lowest BCUT2D eigenvalue weighted by Crippen LogP contribution is -2.57. The SMILES string of the molecule is CC(N)C(C)(C)NC1CCNCC1. The van der Waals surface area contributed by atoms with Crippen LogP contribution < -0.4 is 16.4 Å². The van der Waals surface area contributed by atoms with Crippen molar-refractivity contribution < 1.29 is 0 Å². The average molecular weight is 185 g/mol. The van der Waals surface area contributed by atoms with Gasteiger partial charge in [-0.2, -0.15) is 0 Å². The molecule has 3 heteroatoms. The first-order chi connectivity index (χ1) is 6.02. The van der Waals surface area contributed by atoms with Crippen molar-refractivity contribution in [2.24, 2.45) is 5.73 Å². The number of piperidine rings is 1. The van der Waals surface area contributed by atoms with Gasteiger partial charge in [-0.25, -0.2) is 0 Å². The Labute approximate surface area is 81.5 Å². The van der Waals surface area contributed by atoms with E-state index in [9.17, 15) is 0 Å². The minimum Gasteiger partial charge on any atom is -0.326 e. The van der Waals surface area contributed by atoms with Gasteiger partial charge in [0.1, 0.15) is 0 Å². The molecular weight excluding hydrogens is 162 g/mol. The molecule has 13 heavy (non-hydrogen) atoms. The molecule has 1 atom stereocenters. The molecule has 1 heterocycles. The Morgan fingerprint density at radius 3 is 2.38 bits per heavy atom. The van der Waals surface area contributed by atoms with Gasteiger partial charge >= 0.3 is 0 Å². The summed E-state index contributed by atoms with van der Waals surface area (Å²) in [5.41, 5.74) is 5.97. The van der Waals surface area contributed by atoms with Crippen molar-refractivity contribution in [3.8, 4) is 0 Å². The third-order valence-electron chi connectivity index (χ3n) is 3.05. The predicted molar refractivity (Wildman–Crippen MR) is 56.8 cm³/mol. The molecule has 0 amide bonds. The van der Waals surface area contributed by atoms with Crippen LogP contribution in [-0.2, 0) is 0 Å². The second-order valence-corrected chi connectivity index (χ2v) is 4.68. The van der Waals surface area contributed by atoms with Crippen molar-refractivity contribution in [3.63, 3.8) is 0 Å². The second kappa shape index (κ2) is 4.40. The molecule has 1 fully saturated rings. The fraction of sp³-hybridized carbons (Fsp3) is 1.00. The average Bonchev–Trinajstić information content (AvgIpc) is 2.05. The Balaban J connectivity index is 2.37. The zero-order chi connectivity index (χ0) is 9.90. The maximum atomic E-state index is 5.91. The van der Waals surface area contributed by atoms with Crippen LogP contribution in [0.5, 0.6) is 0 Å². The van der Waals surface area contributed by atoms with Crippen LogP contribution in [0.25, 0.3) is 0 Å². The van der Waals surface area contributed by atoms with Crippen molar-refractivity contribution in [1.29, 1.82) is 0 Å². The van der Waals surface area contributed by atoms with Crippen LogP contribution in [0.15, 0.2) is 0 Å². The fourth-order valence-corrected chi connectivity index (χ4v) is 1.62. The molecule has 0 aliphatic carbocycles. The van der Waals surface area contributed by atoms with Gasteiger partial charge in [0, 0.05) is 17.6 Å². The number of rotatable bonds is 3. The highest BCUT2D eigenvalue weighted by Crippen LogP contribution is 2.12. The molecule has 0 spiro atoms. The lowest BCUT2D eigenvalue weighted by Gasteiger charge is -2.36. The smallest absolute Gasteiger partial charge is 0.0275 e. The van der Waals surface area contributed by atoms with E-state index < -0.39 is 0 Å². The molecule has 0 aromatic heterocycles. The summed E-state index contributed by atoms with van der Waals surface area (Å²) in [6.07, 6.45) is 2.44. The Bertz CT molecular complexity index is 148. The zero-order valence-corrected chi connectivity index (χ0v) is 9.06. The van der Waals surface area contributed by atoms with Gasteiger partial charge in [-0.15, -0.1) is 0 Å². The van der Waals surface area contributed by atoms with Crippen LogP contribution in [0.1, 0.15) is 33.6 Å². The van der Waals surface area contributed by atoms with Gasteiger partial charge in [0.25, 0.3) is 0 Å². The Hall–Kier alpha value is -0.120. The van der Waals surface area contributed by atoms with E-state index in [0.29, 0.717) is 6.04 Å². The molecule has 1 unspecified atom stereocenters. The highest BCUT2D eigenvalue weighted by atomic mass is 15.0. The standard InChI is InChI=1S/C10H23N3/c1-8(11)10(2,3)13-9-4-6-12-7-5-9/h8-9,12-13H,4-7,11H2,1-3H3. The Morgan fingerprint density at radius 1 is 1.38 bits per heavy atom. The van der Waals surface area contributed by atoms with Gasteiger partial charge in [0.15, 0.2) is 0 Å². The summed E-state index contributed by atoms with van der Waals surface area (Å²) in [5, 5.41) is 6.99. The van der Waals surface area contributed by atoms with E-state index >= 15 is 0 Å². The molecule has 1 rings (SSSR count). The van der Waals surface area contributed by atoms with Crippen molar-refractivity contribution in [2.45, 2.75) is 51.2 Å². The largest absolute Gasteiger partial charge is 0.326 e. The van der Waals surface area contributed by atoms with Crippen molar-refractivity contribution in [3.05, 3.63) is 0 Å². The van der Waals surface area contributed by atoms with Crippen LogP contribution in [0.4, 0.5) is 0 Å². The molecule has 0 aromatic carbocycles. The predicted octanol–water partition coefficient (Wildman–Crippen LogP) is 0.454. The summed E-state index contributed by atoms with van der Waals surface area (Å²) < 4.78 is 0. The summed E-state index contributed by atoms with van der Waals surface area (Å²) in [5.74, 6) is 0. The van der Waals surface area contributed by atoms with Gasteiger partial charge in [-0.3, -0.25) is 0 Å². The molecule has 78 valence electrons. The summed E-state index contributed by atoms with van der Waals surface area (Å²) in [6.45, 7) is 8.69. The van der Waals surface area contributed by atoms with E-state index in [4.69, 9.17) is 5.73 Å². The van der Waals surface area contributed by atoms with Gasteiger partial charge in [-0.1, -0.05) is 0 Å². The lowest BCUT2D eigenvalue weighted by atomic mass is 9.93. The highest BCUT2D eigenvalue weighted by molar-refractivity contribution is 4.90. The molecule has 0 saturated carbocycles. The van der Waals surface area contributed by atoms with E-state index in [-0.39, 0.29) is 11.6 Å². The molecule has 1 aliphatic rings. The fourth-order valence-electron chi connectivity index (χ4n) is 1.62. The van der Waals surface area contributed by atoms with E-state index in [2.05, 4.69) is 31.4 Å². The molecule has 3 nitrogen and oxygen atoms in total. The number of nitrogens with one attached hydrogen (secondary N) is 2. The maximum absolute atomic E-state index is 5.91. The molecule has 1 saturated heterocycles. The van der Waals surface area contributed by atoms with E-state index in [1.807, 2.05) is 0 Å². The normalized spacial score (nSPS) is 23.1. The van der Waals surface area contributed by atoms with E-state index in [1.165, 1.54) is 12.8 Å². The number of hydrogen-bond acceptors (Lipinski definition) is 3. The second-order valence-electron chi connectivity index (χ2n) is 4.68. The first kappa shape index (κ1) is 11.0. The highest BCUT2D eigenvalue weighted by Gasteiger charge is 2.26. The molecular formula is C10H23N3. The summed E-state index contributed by atoms with van der Waals surface area (Å²) >= 11 is 0. The number of nitrogens with two attached hydrogens (primary N) is 1. The zero-order valence-electron chi connectivity index (χ0n) is 9.06. The van der Waals surface area contributed by atoms with Gasteiger partial charge in [-0.05, 0) is 46.7 Å². The third-order valence-corrected chi connectivity index (χ3v) is 3.05. The lowest BCUT2D eigenvalue weighted by molar-refractivity contribution is 0.258. The van der Waals surface area contributed by atoms with Gasteiger partial charge in [0.05, 0.1) is 0 Å². The van der Waals surface area contributed by atoms with Crippen LogP contribution in [-0.4, -0.2) is 30.7 Å². The van der Waals surface area contributed by atoms with Gasteiger partial charge < -0.3 is 16.4 Å². The van der Waals surface area contributed by atoms with Gasteiger partial charge in [0.2, 0.25) is 0 Å². The quantitative estimate of drug-likeness (QED) is 0.598. The summed E-state index contributed by atoms with van der Waals surface area (Å²) in [4.78, 5) is 0. The van der Waals surface area contributed by atoms with Crippen LogP contribution in [0, 0.1) is 0 Å². The first-order valence-electron chi connectivity index (χ1n) is 5.26. The Morgan fingerprint density at radius 2 is 1.92 bits per heavy atom. The van der Waals surface area contributed by atoms with Crippen molar-refractivity contribution >= 4 is 0 Å². The minimum absolute atomic E-state index is 0.0575. The minimum atomic E-state index is 0.0575. The summed E-state index contributed by atoms with van der Waals surface area (Å²) in [7, 11) is 0. The Kier molecular flexibility index (Phi) is 3.71. The van der Waals surface area contributed by atoms with Crippen molar-refractivity contribution in [1.82, 2.24) is 10.6 Å². The monoisotopic (exact) mass is 185 g/mol. The maximum Gasteiger partial charge on any atom is 0.0275 e. The van der Waals surface area contributed by atoms with Crippen LogP contribution in [0.3, 0.4) is 0 Å². The van der Waals surface area contributed by atoms with E-state index in [0.717, 1.165) is 13.1 Å². The molecule has 0 radical (unpaired) electrons. The van der Waals surface area contributed by atoms with E-state index in [1.54, 1.807) is 0 Å². The third kappa shape index (κ3) is 3.25.